The molecule has 26 heavy (non-hydrogen) atoms. The second-order valence-electron chi connectivity index (χ2n) is 5.67. The number of hydrogen-bond acceptors (Lipinski definition) is 6. The Bertz CT molecular complexity index is 932. The van der Waals surface area contributed by atoms with Gasteiger partial charge in [-0.25, -0.2) is 9.78 Å². The fourth-order valence-electron chi connectivity index (χ4n) is 2.30. The summed E-state index contributed by atoms with van der Waals surface area (Å²) < 4.78 is 6.44. The fourth-order valence-corrected chi connectivity index (χ4v) is 4.16. The molecule has 0 aliphatic carbocycles. The van der Waals surface area contributed by atoms with Gasteiger partial charge < -0.3 is 4.74 Å². The molecule has 1 heterocycles. The number of nitrogens with zero attached hydrogens (tertiary/aromatic N) is 1. The van der Waals surface area contributed by atoms with Gasteiger partial charge in [-0.3, -0.25) is 4.79 Å². The van der Waals surface area contributed by atoms with Gasteiger partial charge in [0.1, 0.15) is 10.1 Å². The van der Waals surface area contributed by atoms with Crippen LogP contribution in [0.5, 0.6) is 5.75 Å². The Morgan fingerprint density at radius 1 is 1.12 bits per heavy atom. The number of ketones is 1. The van der Waals surface area contributed by atoms with E-state index >= 15 is 0 Å². The van der Waals surface area contributed by atoms with Crippen molar-refractivity contribution in [2.24, 2.45) is 0 Å². The largest absolute Gasteiger partial charge is 0.423 e. The number of carbonyl (C=O) groups excluding carboxylic acids is 2. The average Bonchev–Trinajstić information content (AvgIpc) is 3.06. The third-order valence-electron chi connectivity index (χ3n) is 3.66. The van der Waals surface area contributed by atoms with Crippen molar-refractivity contribution in [1.82, 2.24) is 4.98 Å². The summed E-state index contributed by atoms with van der Waals surface area (Å²) in [5.41, 5.74) is 3.01. The van der Waals surface area contributed by atoms with Crippen LogP contribution in [0.15, 0.2) is 58.3 Å². The van der Waals surface area contributed by atoms with E-state index < -0.39 is 5.97 Å². The van der Waals surface area contributed by atoms with Crippen LogP contribution in [0.25, 0.3) is 0 Å². The molecule has 1 aromatic heterocycles. The zero-order valence-electron chi connectivity index (χ0n) is 14.4. The predicted octanol–water partition coefficient (Wildman–Crippen LogP) is 5.17. The number of rotatable bonds is 6. The van der Waals surface area contributed by atoms with Gasteiger partial charge in [0.05, 0.1) is 5.56 Å². The van der Waals surface area contributed by atoms with Crippen molar-refractivity contribution in [1.29, 1.82) is 0 Å². The first-order valence-electron chi connectivity index (χ1n) is 7.99. The van der Waals surface area contributed by atoms with Gasteiger partial charge in [-0.2, -0.15) is 0 Å². The van der Waals surface area contributed by atoms with Crippen LogP contribution in [0.1, 0.15) is 38.9 Å². The topological polar surface area (TPSA) is 56.3 Å². The number of Topliss-reactive ketones (excluding diaryl/α,β-unsaturated/α-hetero) is 1. The van der Waals surface area contributed by atoms with E-state index in [1.54, 1.807) is 53.4 Å². The van der Waals surface area contributed by atoms with E-state index in [0.29, 0.717) is 22.6 Å². The average molecular weight is 383 g/mol. The van der Waals surface area contributed by atoms with Gasteiger partial charge in [-0.1, -0.05) is 30.0 Å². The second kappa shape index (κ2) is 8.29. The van der Waals surface area contributed by atoms with Crippen LogP contribution in [0.3, 0.4) is 0 Å². The Morgan fingerprint density at radius 3 is 2.50 bits per heavy atom. The predicted molar refractivity (Wildman–Crippen MR) is 104 cm³/mol. The zero-order chi connectivity index (χ0) is 18.5. The number of ether oxygens (including phenoxy) is 1. The number of thioether (sulfide) groups is 1. The Kier molecular flexibility index (Phi) is 5.85. The third kappa shape index (κ3) is 4.59. The molecule has 0 N–H and O–H groups in total. The Balaban J connectivity index is 1.71. The number of aromatic nitrogens is 1. The Hall–Kier alpha value is -2.44. The number of carbonyl (C=O) groups is 2. The lowest BCUT2D eigenvalue weighted by atomic mass is 10.1. The molecule has 0 aliphatic rings. The van der Waals surface area contributed by atoms with Crippen LogP contribution >= 0.6 is 23.1 Å². The Morgan fingerprint density at radius 2 is 1.85 bits per heavy atom. The summed E-state index contributed by atoms with van der Waals surface area (Å²) in [6.07, 6.45) is 0. The van der Waals surface area contributed by atoms with Crippen molar-refractivity contribution in [2.75, 3.05) is 0 Å². The molecular formula is C20H17NO3S2. The fraction of sp³-hybridized carbons (Fsp3) is 0.150. The monoisotopic (exact) mass is 383 g/mol. The van der Waals surface area contributed by atoms with Crippen LogP contribution in [-0.2, 0) is 5.75 Å². The van der Waals surface area contributed by atoms with E-state index in [4.69, 9.17) is 4.74 Å². The first-order valence-corrected chi connectivity index (χ1v) is 9.85. The Labute approximate surface area is 160 Å². The third-order valence-corrected chi connectivity index (χ3v) is 5.85. The summed E-state index contributed by atoms with van der Waals surface area (Å²) in [5.74, 6) is 0.620. The summed E-state index contributed by atoms with van der Waals surface area (Å²) in [6.45, 7) is 3.46. The number of esters is 1. The number of thiazole rings is 1. The summed E-state index contributed by atoms with van der Waals surface area (Å²) in [7, 11) is 0. The van der Waals surface area contributed by atoms with Gasteiger partial charge in [-0.15, -0.1) is 11.3 Å². The summed E-state index contributed by atoms with van der Waals surface area (Å²) in [4.78, 5) is 28.3. The molecule has 0 spiro atoms. The number of benzene rings is 2. The molecule has 0 fully saturated rings. The number of hydrogen-bond donors (Lipinski definition) is 0. The maximum absolute atomic E-state index is 12.6. The zero-order valence-corrected chi connectivity index (χ0v) is 16.0. The molecule has 0 saturated heterocycles. The molecule has 0 unspecified atom stereocenters. The van der Waals surface area contributed by atoms with E-state index in [-0.39, 0.29) is 5.78 Å². The normalized spacial score (nSPS) is 10.5. The lowest BCUT2D eigenvalue weighted by molar-refractivity contribution is 0.0734. The van der Waals surface area contributed by atoms with E-state index in [0.717, 1.165) is 15.6 Å². The highest BCUT2D eigenvalue weighted by Gasteiger charge is 2.14. The van der Waals surface area contributed by atoms with Crippen LogP contribution in [0, 0.1) is 6.92 Å². The van der Waals surface area contributed by atoms with Crippen LogP contribution in [0.4, 0.5) is 0 Å². The molecule has 132 valence electrons. The standard InChI is InChI=1S/C20H17NO3S2/c1-13-11-25-20(21-13)26-12-16-5-3-4-6-18(16)19(23)24-17-9-7-15(8-10-17)14(2)22/h3-11H,12H2,1-2H3. The molecule has 0 aliphatic heterocycles. The van der Waals surface area contributed by atoms with Gasteiger partial charge in [0.2, 0.25) is 0 Å². The highest BCUT2D eigenvalue weighted by atomic mass is 32.2. The molecule has 3 rings (SSSR count). The molecule has 0 saturated carbocycles. The lowest BCUT2D eigenvalue weighted by Crippen LogP contribution is -2.11. The molecule has 3 aromatic rings. The quantitative estimate of drug-likeness (QED) is 0.254. The van der Waals surface area contributed by atoms with E-state index in [9.17, 15) is 9.59 Å². The van der Waals surface area contributed by atoms with Gasteiger partial charge in [0.25, 0.3) is 0 Å². The van der Waals surface area contributed by atoms with Crippen molar-refractivity contribution in [2.45, 2.75) is 23.9 Å². The second-order valence-corrected chi connectivity index (χ2v) is 7.75. The van der Waals surface area contributed by atoms with Crippen LogP contribution < -0.4 is 4.74 Å². The van der Waals surface area contributed by atoms with Gasteiger partial charge in [0, 0.05) is 22.4 Å². The van der Waals surface area contributed by atoms with Crippen molar-refractivity contribution in [3.8, 4) is 5.75 Å². The van der Waals surface area contributed by atoms with Crippen molar-refractivity contribution >= 4 is 34.9 Å². The molecule has 0 amide bonds. The molecule has 0 atom stereocenters. The minimum atomic E-state index is -0.410. The van der Waals surface area contributed by atoms with E-state index in [1.807, 2.05) is 30.5 Å². The van der Waals surface area contributed by atoms with E-state index in [2.05, 4.69) is 4.98 Å². The summed E-state index contributed by atoms with van der Waals surface area (Å²) in [5, 5.41) is 2.01. The molecule has 0 radical (unpaired) electrons. The van der Waals surface area contributed by atoms with Crippen molar-refractivity contribution in [3.05, 3.63) is 76.3 Å². The maximum atomic E-state index is 12.6. The van der Waals surface area contributed by atoms with Crippen LogP contribution in [0.2, 0.25) is 0 Å². The van der Waals surface area contributed by atoms with Crippen molar-refractivity contribution in [3.63, 3.8) is 0 Å². The van der Waals surface area contributed by atoms with E-state index in [1.165, 1.54) is 6.92 Å². The number of aryl methyl sites for hydroxylation is 1. The summed E-state index contributed by atoms with van der Waals surface area (Å²) >= 11 is 3.20. The summed E-state index contributed by atoms with van der Waals surface area (Å²) in [6, 6.07) is 14.0. The SMILES string of the molecule is CC(=O)c1ccc(OC(=O)c2ccccc2CSc2nc(C)cs2)cc1. The van der Waals surface area contributed by atoms with Crippen LogP contribution in [-0.4, -0.2) is 16.7 Å². The van der Waals surface area contributed by atoms with Gasteiger partial charge in [0.15, 0.2) is 5.78 Å². The molecule has 0 bridgehead atoms. The van der Waals surface area contributed by atoms with Gasteiger partial charge >= 0.3 is 5.97 Å². The minimum Gasteiger partial charge on any atom is -0.423 e. The molecule has 4 nitrogen and oxygen atoms in total. The first kappa shape index (κ1) is 18.4. The highest BCUT2D eigenvalue weighted by molar-refractivity contribution is 8.00. The molecular weight excluding hydrogens is 366 g/mol. The lowest BCUT2D eigenvalue weighted by Gasteiger charge is -2.09. The maximum Gasteiger partial charge on any atom is 0.343 e. The highest BCUT2D eigenvalue weighted by Crippen LogP contribution is 2.27. The first-order chi connectivity index (χ1) is 12.5. The molecule has 2 aromatic carbocycles. The van der Waals surface area contributed by atoms with Crippen molar-refractivity contribution < 1.29 is 14.3 Å². The molecule has 6 heteroatoms. The minimum absolute atomic E-state index is 0.0253. The smallest absolute Gasteiger partial charge is 0.343 e. The van der Waals surface area contributed by atoms with Gasteiger partial charge in [-0.05, 0) is 49.7 Å².